The second-order valence-corrected chi connectivity index (χ2v) is 11.0. The highest BCUT2D eigenvalue weighted by Crippen LogP contribution is 2.39. The zero-order valence-corrected chi connectivity index (χ0v) is 18.9. The molecule has 3 N–H and O–H groups in total. The summed E-state index contributed by atoms with van der Waals surface area (Å²) in [5, 5.41) is 20.7. The fourth-order valence-electron chi connectivity index (χ4n) is 2.91. The summed E-state index contributed by atoms with van der Waals surface area (Å²) in [6, 6.07) is 5.15. The highest BCUT2D eigenvalue weighted by molar-refractivity contribution is 7.93. The second-order valence-electron chi connectivity index (χ2n) is 8.37. The number of sulfone groups is 1. The van der Waals surface area contributed by atoms with Crippen molar-refractivity contribution < 1.29 is 18.3 Å². The van der Waals surface area contributed by atoms with Crippen molar-refractivity contribution in [2.75, 3.05) is 11.9 Å². The maximum absolute atomic E-state index is 13.4. The van der Waals surface area contributed by atoms with Crippen LogP contribution in [0.2, 0.25) is 0 Å². The first-order chi connectivity index (χ1) is 13.9. The number of aromatic amines is 1. The Bertz CT molecular complexity index is 1180. The Labute approximate surface area is 176 Å². The third kappa shape index (κ3) is 3.99. The molecule has 0 aliphatic rings. The molecule has 2 aromatic heterocycles. The van der Waals surface area contributed by atoms with Crippen molar-refractivity contribution in [2.45, 2.75) is 57.3 Å². The van der Waals surface area contributed by atoms with E-state index in [1.54, 1.807) is 52.1 Å². The molecule has 30 heavy (non-hydrogen) atoms. The fourth-order valence-corrected chi connectivity index (χ4v) is 4.33. The maximum atomic E-state index is 13.4. The minimum absolute atomic E-state index is 0.0201. The number of fused-ring (bicyclic) bond motifs is 1. The van der Waals surface area contributed by atoms with Gasteiger partial charge in [0.25, 0.3) is 0 Å². The molecular formula is C21H28N4O4S. The largest absolute Gasteiger partial charge is 0.489 e. The molecule has 1 unspecified atom stereocenters. The van der Waals surface area contributed by atoms with Crippen molar-refractivity contribution in [3.05, 3.63) is 35.7 Å². The zero-order chi connectivity index (χ0) is 22.3. The molecule has 1 atom stereocenters. The number of hydrogen-bond donors (Lipinski definition) is 3. The number of ether oxygens (including phenoxy) is 1. The van der Waals surface area contributed by atoms with E-state index in [1.807, 2.05) is 13.8 Å². The molecule has 1 aromatic carbocycles. The Morgan fingerprint density at radius 2 is 1.93 bits per heavy atom. The van der Waals surface area contributed by atoms with Gasteiger partial charge in [-0.1, -0.05) is 0 Å². The number of benzene rings is 1. The number of aromatic nitrogens is 3. The number of nitrogens with zero attached hydrogens (tertiary/aromatic N) is 2. The van der Waals surface area contributed by atoms with E-state index in [-0.39, 0.29) is 17.3 Å². The van der Waals surface area contributed by atoms with E-state index in [0.29, 0.717) is 22.4 Å². The van der Waals surface area contributed by atoms with Crippen LogP contribution in [-0.4, -0.2) is 46.2 Å². The normalized spacial score (nSPS) is 13.4. The maximum Gasteiger partial charge on any atom is 0.189 e. The highest BCUT2D eigenvalue weighted by Gasteiger charge is 2.36. The van der Waals surface area contributed by atoms with Gasteiger partial charge in [-0.25, -0.2) is 8.42 Å². The molecule has 9 heteroatoms. The molecule has 8 nitrogen and oxygen atoms in total. The average molecular weight is 433 g/mol. The second kappa shape index (κ2) is 7.88. The molecule has 0 aliphatic carbocycles. The molecule has 0 bridgehead atoms. The minimum Gasteiger partial charge on any atom is -0.489 e. The Kier molecular flexibility index (Phi) is 5.79. The third-order valence-electron chi connectivity index (χ3n) is 4.89. The predicted molar refractivity (Wildman–Crippen MR) is 117 cm³/mol. The SMILES string of the molecule is Cc1[nH]nc(Nc2ccnc3c(S(=O)(=O)C(C)(C)C)c(OCC(C)O)ccc23)c1C. The van der Waals surface area contributed by atoms with Gasteiger partial charge in [0.05, 0.1) is 22.1 Å². The van der Waals surface area contributed by atoms with Crippen LogP contribution in [0.1, 0.15) is 39.0 Å². The third-order valence-corrected chi connectivity index (χ3v) is 7.44. The van der Waals surface area contributed by atoms with E-state index in [4.69, 9.17) is 4.74 Å². The molecule has 3 rings (SSSR count). The van der Waals surface area contributed by atoms with Gasteiger partial charge in [0.2, 0.25) is 0 Å². The van der Waals surface area contributed by atoms with Gasteiger partial charge in [0.1, 0.15) is 17.3 Å². The van der Waals surface area contributed by atoms with E-state index in [2.05, 4.69) is 20.5 Å². The van der Waals surface area contributed by atoms with Crippen LogP contribution in [0.5, 0.6) is 5.75 Å². The highest BCUT2D eigenvalue weighted by atomic mass is 32.2. The van der Waals surface area contributed by atoms with Crippen LogP contribution < -0.4 is 10.1 Å². The number of anilines is 2. The van der Waals surface area contributed by atoms with E-state index >= 15 is 0 Å². The number of aliphatic hydroxyl groups is 1. The zero-order valence-electron chi connectivity index (χ0n) is 18.1. The van der Waals surface area contributed by atoms with Gasteiger partial charge in [0, 0.05) is 22.8 Å². The first-order valence-corrected chi connectivity index (χ1v) is 11.2. The summed E-state index contributed by atoms with van der Waals surface area (Å²) in [6.45, 7) is 10.3. The molecule has 0 fully saturated rings. The summed E-state index contributed by atoms with van der Waals surface area (Å²) in [5.74, 6) is 0.837. The number of aryl methyl sites for hydroxylation is 1. The minimum atomic E-state index is -3.79. The monoisotopic (exact) mass is 432 g/mol. The number of rotatable bonds is 6. The van der Waals surface area contributed by atoms with E-state index in [1.165, 1.54) is 0 Å². The van der Waals surface area contributed by atoms with Crippen molar-refractivity contribution in [2.24, 2.45) is 0 Å². The lowest BCUT2D eigenvalue weighted by Gasteiger charge is -2.23. The fraction of sp³-hybridized carbons (Fsp3) is 0.429. The van der Waals surface area contributed by atoms with Crippen LogP contribution in [0.15, 0.2) is 29.3 Å². The first-order valence-electron chi connectivity index (χ1n) is 9.69. The Morgan fingerprint density at radius 1 is 1.23 bits per heavy atom. The van der Waals surface area contributed by atoms with Crippen molar-refractivity contribution in [1.82, 2.24) is 15.2 Å². The summed E-state index contributed by atoms with van der Waals surface area (Å²) in [7, 11) is -3.79. The molecule has 0 amide bonds. The van der Waals surface area contributed by atoms with Crippen LogP contribution in [0.4, 0.5) is 11.5 Å². The van der Waals surface area contributed by atoms with E-state index in [9.17, 15) is 13.5 Å². The lowest BCUT2D eigenvalue weighted by molar-refractivity contribution is 0.121. The summed E-state index contributed by atoms with van der Waals surface area (Å²) in [4.78, 5) is 4.41. The predicted octanol–water partition coefficient (Wildman–Crippen LogP) is 3.65. The number of nitrogens with one attached hydrogen (secondary N) is 2. The van der Waals surface area contributed by atoms with Crippen molar-refractivity contribution in [1.29, 1.82) is 0 Å². The van der Waals surface area contributed by atoms with E-state index < -0.39 is 20.7 Å². The number of pyridine rings is 1. The van der Waals surface area contributed by atoms with Crippen LogP contribution in [0.25, 0.3) is 10.9 Å². The molecule has 0 saturated carbocycles. The van der Waals surface area contributed by atoms with Crippen LogP contribution in [0, 0.1) is 13.8 Å². The summed E-state index contributed by atoms with van der Waals surface area (Å²) in [6.07, 6.45) is 0.817. The van der Waals surface area contributed by atoms with E-state index in [0.717, 1.165) is 11.3 Å². The molecule has 0 saturated heterocycles. The Hall–Kier alpha value is -2.65. The standard InChI is InChI=1S/C21H28N4O4S/c1-12(26)11-29-17-8-7-15-16(23-20-13(2)14(3)24-25-20)9-10-22-18(15)19(17)30(27,28)21(4,5)6/h7-10,12,26H,11H2,1-6H3,(H2,22,23,24,25). The van der Waals surface area contributed by atoms with Gasteiger partial charge in [-0.2, -0.15) is 5.10 Å². The van der Waals surface area contributed by atoms with Crippen molar-refractivity contribution >= 4 is 32.2 Å². The lowest BCUT2D eigenvalue weighted by Crippen LogP contribution is -2.29. The van der Waals surface area contributed by atoms with Crippen LogP contribution in [-0.2, 0) is 9.84 Å². The summed E-state index contributed by atoms with van der Waals surface area (Å²) >= 11 is 0. The van der Waals surface area contributed by atoms with Gasteiger partial charge < -0.3 is 15.2 Å². The molecule has 0 radical (unpaired) electrons. The molecule has 3 aromatic rings. The molecule has 0 spiro atoms. The van der Waals surface area contributed by atoms with Crippen molar-refractivity contribution in [3.8, 4) is 5.75 Å². The Balaban J connectivity index is 2.23. The first kappa shape index (κ1) is 22.0. The molecule has 2 heterocycles. The van der Waals surface area contributed by atoms with Crippen molar-refractivity contribution in [3.63, 3.8) is 0 Å². The van der Waals surface area contributed by atoms with Gasteiger partial charge in [-0.15, -0.1) is 0 Å². The molecular weight excluding hydrogens is 404 g/mol. The topological polar surface area (TPSA) is 117 Å². The summed E-state index contributed by atoms with van der Waals surface area (Å²) in [5.41, 5.74) is 2.91. The van der Waals surface area contributed by atoms with Gasteiger partial charge in [-0.05, 0) is 59.7 Å². The lowest BCUT2D eigenvalue weighted by atomic mass is 10.1. The van der Waals surface area contributed by atoms with Crippen LogP contribution >= 0.6 is 0 Å². The quantitative estimate of drug-likeness (QED) is 0.544. The van der Waals surface area contributed by atoms with Gasteiger partial charge in [-0.3, -0.25) is 10.1 Å². The summed E-state index contributed by atoms with van der Waals surface area (Å²) < 4.78 is 31.5. The average Bonchev–Trinajstić information content (AvgIpc) is 2.97. The number of H-pyrrole nitrogens is 1. The Morgan fingerprint density at radius 3 is 2.50 bits per heavy atom. The number of aliphatic hydroxyl groups excluding tert-OH is 1. The van der Waals surface area contributed by atoms with Gasteiger partial charge >= 0.3 is 0 Å². The van der Waals surface area contributed by atoms with Gasteiger partial charge in [0.15, 0.2) is 15.7 Å². The molecule has 0 aliphatic heterocycles. The van der Waals surface area contributed by atoms with Crippen LogP contribution in [0.3, 0.4) is 0 Å². The smallest absolute Gasteiger partial charge is 0.189 e. The molecule has 162 valence electrons. The number of hydrogen-bond acceptors (Lipinski definition) is 7.